The van der Waals surface area contributed by atoms with E-state index < -0.39 is 78.4 Å². The van der Waals surface area contributed by atoms with Gasteiger partial charge in [-0.05, 0) is 67.5 Å². The van der Waals surface area contributed by atoms with Crippen molar-refractivity contribution in [3.05, 3.63) is 65.2 Å². The number of benzene rings is 2. The zero-order valence-corrected chi connectivity index (χ0v) is 42.5. The number of hydrogen-bond acceptors (Lipinski definition) is 17. The molecule has 0 aromatic heterocycles. The number of carboxylic acids is 1. The van der Waals surface area contributed by atoms with Crippen LogP contribution in [0.1, 0.15) is 60.0 Å². The van der Waals surface area contributed by atoms with Crippen LogP contribution in [0.5, 0.6) is 5.75 Å². The molecular formula is C47H75CuN17O9+2. The van der Waals surface area contributed by atoms with Crippen LogP contribution < -0.4 is 86.3 Å². The van der Waals surface area contributed by atoms with Crippen molar-refractivity contribution in [1.82, 2.24) is 69.1 Å². The van der Waals surface area contributed by atoms with E-state index in [-0.39, 0.29) is 79.0 Å². The average molecular weight is 1090 g/mol. The number of unbranched alkanes of at least 4 members (excludes halogenated alkanes) is 1. The van der Waals surface area contributed by atoms with Gasteiger partial charge in [-0.25, -0.2) is 0 Å². The Bertz CT molecular complexity index is 2170. The summed E-state index contributed by atoms with van der Waals surface area (Å²) in [6.45, 7) is 7.19. The number of phenolic OH excluding ortho intramolecular Hbond substituents is 1. The van der Waals surface area contributed by atoms with Gasteiger partial charge in [-0.3, -0.25) is 54.9 Å². The van der Waals surface area contributed by atoms with Crippen molar-refractivity contribution in [2.24, 2.45) is 22.2 Å². The zero-order chi connectivity index (χ0) is 52.6. The van der Waals surface area contributed by atoms with Crippen LogP contribution in [0.4, 0.5) is 0 Å². The molecule has 26 nitrogen and oxygen atoms in total. The molecule has 74 heavy (non-hydrogen) atoms. The molecule has 4 atom stereocenters. The van der Waals surface area contributed by atoms with Gasteiger partial charge in [0.2, 0.25) is 29.5 Å². The van der Waals surface area contributed by atoms with Gasteiger partial charge in [-0.1, -0.05) is 24.3 Å². The number of guanidine groups is 1. The summed E-state index contributed by atoms with van der Waals surface area (Å²) < 4.78 is 0. The summed E-state index contributed by atoms with van der Waals surface area (Å²) >= 11 is 0. The van der Waals surface area contributed by atoms with Crippen LogP contribution in [-0.4, -0.2) is 178 Å². The van der Waals surface area contributed by atoms with Crippen LogP contribution in [0.25, 0.3) is 0 Å². The molecular weight excluding hydrogens is 1010 g/mol. The molecule has 2 aromatic rings. The van der Waals surface area contributed by atoms with E-state index in [4.69, 9.17) is 17.2 Å². The number of carbonyl (C=O) groups is 7. The Labute approximate surface area is 441 Å². The van der Waals surface area contributed by atoms with E-state index in [1.54, 1.807) is 12.1 Å². The molecule has 0 aliphatic carbocycles. The van der Waals surface area contributed by atoms with Crippen LogP contribution in [-0.2, 0) is 58.8 Å². The second-order valence-corrected chi connectivity index (χ2v) is 18.6. The van der Waals surface area contributed by atoms with Gasteiger partial charge in [0, 0.05) is 97.1 Å². The van der Waals surface area contributed by atoms with Crippen molar-refractivity contribution in [3.63, 3.8) is 0 Å². The second kappa shape index (κ2) is 31.0. The molecule has 0 unspecified atom stereocenters. The number of rotatable bonds is 17. The van der Waals surface area contributed by atoms with E-state index in [1.165, 1.54) is 24.3 Å². The number of hydrogen-bond donors (Lipinski definition) is 18. The third-order valence-corrected chi connectivity index (χ3v) is 12.5. The molecule has 6 amide bonds. The summed E-state index contributed by atoms with van der Waals surface area (Å²) in [6.07, 6.45) is -0.0575. The van der Waals surface area contributed by atoms with E-state index in [1.807, 2.05) is 12.1 Å². The number of aliphatic imine (C=N–C) groups is 1. The number of nitrogens with zero attached hydrogens (tertiary/aromatic N) is 1. The van der Waals surface area contributed by atoms with Crippen molar-refractivity contribution >= 4 is 47.4 Å². The standard InChI is InChI=1S/C47H75N17O9.Cu/c48-45(49)56-15-3-5-34-42(71)62-35(43(72)63-36(22-30-8-12-33(65)13-9-30)44(73)64-37(23-39(67)68)41(70)57-25-38(66)61-34)4-1-2-14-55-40(69)32-10-6-31(7-11-32)24-60-46-26-51-16-17-54-29-47(50,58-20-18-52-27-46)59-21-19-53-28-46;/h6-13,34-37,51-54,58-60,65H,1-5,14-29,50H2,(H,55,69)(H,57,70)(H,61,66)(H,62,71)(H,63,72)(H,64,73)(H,67,68)(H4,48,49,56);/q;+2/t34-,35-,36+,37-,46?,47?;/m1./s1/i;1+0. The summed E-state index contributed by atoms with van der Waals surface area (Å²) in [4.78, 5) is 97.2. The first-order valence-electron chi connectivity index (χ1n) is 24.8. The van der Waals surface area contributed by atoms with E-state index in [0.717, 1.165) is 31.7 Å². The Hall–Kier alpha value is -6.00. The minimum atomic E-state index is -1.65. The topological polar surface area (TPSA) is 407 Å². The van der Waals surface area contributed by atoms with Crippen molar-refractivity contribution in [2.45, 2.75) is 87.0 Å². The maximum atomic E-state index is 14.2. The van der Waals surface area contributed by atoms with E-state index >= 15 is 0 Å². The first-order valence-corrected chi connectivity index (χ1v) is 24.8. The number of fused-ring (bicyclic) bond motifs is 13. The van der Waals surface area contributed by atoms with Gasteiger partial charge in [0.25, 0.3) is 5.91 Å². The largest absolute Gasteiger partial charge is 2.00 e. The molecule has 27 heteroatoms. The first-order chi connectivity index (χ1) is 35.0. The summed E-state index contributed by atoms with van der Waals surface area (Å²) in [6, 6.07) is 7.58. The number of phenols is 1. The number of nitrogens with one attached hydrogen (secondary N) is 13. The van der Waals surface area contributed by atoms with Crippen LogP contribution in [0.15, 0.2) is 53.5 Å². The van der Waals surface area contributed by atoms with Crippen molar-refractivity contribution in [1.29, 1.82) is 0 Å². The number of aromatic hydroxyl groups is 1. The molecule has 21 N–H and O–H groups in total. The van der Waals surface area contributed by atoms with Crippen LogP contribution >= 0.6 is 0 Å². The van der Waals surface area contributed by atoms with Gasteiger partial charge < -0.3 is 80.2 Å². The number of nitrogens with two attached hydrogens (primary N) is 3. The van der Waals surface area contributed by atoms with E-state index in [2.05, 4.69) is 74.1 Å². The second-order valence-electron chi connectivity index (χ2n) is 18.6. The van der Waals surface area contributed by atoms with Gasteiger partial charge in [-0.15, -0.1) is 0 Å². The SMILES string of the molecule is NC(N)=NCCC[C@H]1NC(=O)CNC(=O)[C@@H](CC(=O)O)NC(=O)[C@H](Cc2ccc(O)cc2)NC(=O)[C@@H](CCCCNC(=O)c2ccc(CNC34CNCCNCC(N)(NCCNC3)NCCNC4)cc2)NC1=O.[64Cu+2]. The first kappa shape index (κ1) is 60.6. The number of carboxylic acid groups (broad SMARTS) is 1. The van der Waals surface area contributed by atoms with Crippen molar-refractivity contribution in [3.8, 4) is 5.75 Å². The molecule has 4 heterocycles. The van der Waals surface area contributed by atoms with Gasteiger partial charge in [-0.2, -0.15) is 0 Å². The molecule has 4 aliphatic heterocycles. The number of carbonyl (C=O) groups excluding carboxylic acids is 6. The van der Waals surface area contributed by atoms with Gasteiger partial charge in [0.05, 0.1) is 18.5 Å². The predicted octanol–water partition coefficient (Wildman–Crippen LogP) is -5.86. The van der Waals surface area contributed by atoms with Gasteiger partial charge in [0.15, 0.2) is 5.96 Å². The third kappa shape index (κ3) is 21.1. The Morgan fingerprint density at radius 2 is 1.20 bits per heavy atom. The Morgan fingerprint density at radius 3 is 1.82 bits per heavy atom. The molecule has 411 valence electrons. The normalized spacial score (nSPS) is 25.0. The van der Waals surface area contributed by atoms with E-state index in [0.29, 0.717) is 69.8 Å². The maximum Gasteiger partial charge on any atom is 2.00 e. The molecule has 4 fully saturated rings. The molecule has 1 radical (unpaired) electrons. The van der Waals surface area contributed by atoms with Crippen LogP contribution in [0.2, 0.25) is 0 Å². The van der Waals surface area contributed by atoms with Crippen LogP contribution in [0, 0.1) is 0 Å². The molecule has 0 spiro atoms. The Morgan fingerprint density at radius 1 is 0.662 bits per heavy atom. The average Bonchev–Trinajstić information content (AvgIpc) is 3.38. The fraction of sp³-hybridized carbons (Fsp3) is 0.574. The number of amides is 6. The molecule has 2 bridgehead atoms. The quantitative estimate of drug-likeness (QED) is 0.0304. The molecule has 2 aromatic carbocycles. The summed E-state index contributed by atoms with van der Waals surface area (Å²) in [7, 11) is 0. The minimum absolute atomic E-state index is 0. The number of aliphatic carboxylic acids is 1. The molecule has 6 rings (SSSR count). The third-order valence-electron chi connectivity index (χ3n) is 12.5. The van der Waals surface area contributed by atoms with Crippen LogP contribution in [0.3, 0.4) is 0 Å². The van der Waals surface area contributed by atoms with E-state index in [9.17, 15) is 43.8 Å². The fourth-order valence-electron chi connectivity index (χ4n) is 8.45. The molecule has 0 saturated carbocycles. The Kier molecular flexibility index (Phi) is 25.4. The monoisotopic (exact) mass is 1090 g/mol. The summed E-state index contributed by atoms with van der Waals surface area (Å²) in [5.74, 6) is -6.94. The smallest absolute Gasteiger partial charge is 0.508 e. The minimum Gasteiger partial charge on any atom is -0.508 e. The predicted molar refractivity (Wildman–Crippen MR) is 271 cm³/mol. The summed E-state index contributed by atoms with van der Waals surface area (Å²) in [5.41, 5.74) is 19.1. The van der Waals surface area contributed by atoms with Crippen molar-refractivity contribution < 1.29 is 60.8 Å². The molecule has 4 saturated heterocycles. The maximum absolute atomic E-state index is 14.2. The summed E-state index contributed by atoms with van der Waals surface area (Å²) in [5, 5.41) is 59.8. The Balaban J connectivity index is 0.0000119. The molecule has 4 aliphatic rings. The van der Waals surface area contributed by atoms with Gasteiger partial charge >= 0.3 is 23.0 Å². The zero-order valence-electron chi connectivity index (χ0n) is 41.5. The van der Waals surface area contributed by atoms with Gasteiger partial charge in [0.1, 0.15) is 35.7 Å². The fourth-order valence-corrected chi connectivity index (χ4v) is 8.45. The van der Waals surface area contributed by atoms with Crippen molar-refractivity contribution in [2.75, 3.05) is 85.1 Å².